The third-order valence-electron chi connectivity index (χ3n) is 4.11. The van der Waals surface area contributed by atoms with Crippen molar-refractivity contribution in [2.45, 2.75) is 26.8 Å². The zero-order valence-corrected chi connectivity index (χ0v) is 14.9. The molecule has 0 bridgehead atoms. The molecule has 6 nitrogen and oxygen atoms in total. The van der Waals surface area contributed by atoms with E-state index in [-0.39, 0.29) is 11.8 Å². The smallest absolute Gasteiger partial charge is 0.237 e. The van der Waals surface area contributed by atoms with Crippen LogP contribution in [0.15, 0.2) is 49.1 Å². The lowest BCUT2D eigenvalue weighted by molar-refractivity contribution is -0.147. The normalized spacial score (nSPS) is 11.0. The van der Waals surface area contributed by atoms with Crippen molar-refractivity contribution in [1.29, 1.82) is 0 Å². The summed E-state index contributed by atoms with van der Waals surface area (Å²) in [5.74, 6) is -0.498. The van der Waals surface area contributed by atoms with Crippen molar-refractivity contribution in [2.75, 3.05) is 13.6 Å². The van der Waals surface area contributed by atoms with Crippen molar-refractivity contribution < 1.29 is 9.59 Å². The molecule has 2 rings (SSSR count). The minimum absolute atomic E-state index is 0.203. The molecule has 0 radical (unpaired) electrons. The molecule has 2 amide bonds. The van der Waals surface area contributed by atoms with Gasteiger partial charge in [0.15, 0.2) is 0 Å². The third kappa shape index (κ3) is 5.11. The summed E-state index contributed by atoms with van der Waals surface area (Å²) in [4.78, 5) is 34.7. The van der Waals surface area contributed by atoms with E-state index >= 15 is 0 Å². The van der Waals surface area contributed by atoms with Gasteiger partial charge in [-0.15, -0.1) is 0 Å². The Bertz CT molecular complexity index is 702. The first-order chi connectivity index (χ1) is 11.9. The summed E-state index contributed by atoms with van der Waals surface area (Å²) in [6.07, 6.45) is 7.55. The molecule has 0 aliphatic rings. The molecule has 0 aromatic carbocycles. The molecule has 1 N–H and O–H groups in total. The van der Waals surface area contributed by atoms with Crippen LogP contribution < -0.4 is 5.32 Å². The summed E-state index contributed by atoms with van der Waals surface area (Å²) in [5.41, 5.74) is 0.869. The number of carbonyl (C=O) groups excluding carboxylic acids is 2. The maximum absolute atomic E-state index is 12.7. The molecule has 2 aromatic heterocycles. The summed E-state index contributed by atoms with van der Waals surface area (Å²) in [6.45, 7) is 4.19. The zero-order valence-electron chi connectivity index (χ0n) is 14.9. The van der Waals surface area contributed by atoms with Crippen LogP contribution in [-0.4, -0.2) is 40.3 Å². The fourth-order valence-electron chi connectivity index (χ4n) is 2.43. The second-order valence-electron chi connectivity index (χ2n) is 6.50. The number of aromatic nitrogens is 2. The van der Waals surface area contributed by atoms with Gasteiger partial charge in [-0.2, -0.15) is 0 Å². The number of likely N-dealkylation sites (N-methyl/N-ethyl adjacent to an activating group) is 1. The molecular weight excluding hydrogens is 316 g/mol. The summed E-state index contributed by atoms with van der Waals surface area (Å²) < 4.78 is 0. The molecule has 0 spiro atoms. The quantitative estimate of drug-likeness (QED) is 0.780. The lowest BCUT2D eigenvalue weighted by Gasteiger charge is -2.28. The maximum Gasteiger partial charge on any atom is 0.237 e. The molecule has 132 valence electrons. The highest BCUT2D eigenvalue weighted by Gasteiger charge is 2.37. The van der Waals surface area contributed by atoms with Gasteiger partial charge in [-0.3, -0.25) is 19.6 Å². The number of carbonyl (C=O) groups is 2. The Morgan fingerprint density at radius 3 is 2.44 bits per heavy atom. The van der Waals surface area contributed by atoms with E-state index in [4.69, 9.17) is 0 Å². The maximum atomic E-state index is 12.7. The number of nitrogens with one attached hydrogen (secondary N) is 1. The van der Waals surface area contributed by atoms with E-state index in [9.17, 15) is 9.59 Å². The summed E-state index contributed by atoms with van der Waals surface area (Å²) in [7, 11) is 1.72. The van der Waals surface area contributed by atoms with Crippen LogP contribution in [0.5, 0.6) is 0 Å². The highest BCUT2D eigenvalue weighted by Crippen LogP contribution is 2.19. The second kappa shape index (κ2) is 8.37. The average molecular weight is 340 g/mol. The highest BCUT2D eigenvalue weighted by molar-refractivity contribution is 6.04. The van der Waals surface area contributed by atoms with Gasteiger partial charge in [0.1, 0.15) is 5.41 Å². The number of nitrogens with zero attached hydrogens (tertiary/aromatic N) is 3. The largest absolute Gasteiger partial charge is 0.351 e. The Morgan fingerprint density at radius 1 is 1.08 bits per heavy atom. The van der Waals surface area contributed by atoms with Crippen molar-refractivity contribution in [3.05, 3.63) is 60.2 Å². The van der Waals surface area contributed by atoms with Gasteiger partial charge in [0, 0.05) is 44.9 Å². The third-order valence-corrected chi connectivity index (χ3v) is 4.11. The van der Waals surface area contributed by atoms with E-state index in [1.54, 1.807) is 50.6 Å². The first-order valence-electron chi connectivity index (χ1n) is 8.23. The van der Waals surface area contributed by atoms with Gasteiger partial charge in [-0.1, -0.05) is 6.07 Å². The SMILES string of the molecule is CN(CCc1ccncc1)C(=O)C(C)(C)C(=O)NCc1cccnc1. The Kier molecular flexibility index (Phi) is 6.22. The van der Waals surface area contributed by atoms with E-state index in [1.807, 2.05) is 24.3 Å². The summed E-state index contributed by atoms with van der Waals surface area (Å²) in [5, 5.41) is 2.81. The molecule has 0 saturated heterocycles. The van der Waals surface area contributed by atoms with Crippen LogP contribution in [0.3, 0.4) is 0 Å². The molecule has 0 fully saturated rings. The van der Waals surface area contributed by atoms with E-state index in [0.29, 0.717) is 13.1 Å². The van der Waals surface area contributed by atoms with Crippen molar-refractivity contribution in [3.63, 3.8) is 0 Å². The number of amides is 2. The Balaban J connectivity index is 1.89. The lowest BCUT2D eigenvalue weighted by Crippen LogP contribution is -2.48. The van der Waals surface area contributed by atoms with Gasteiger partial charge >= 0.3 is 0 Å². The van der Waals surface area contributed by atoms with E-state index in [1.165, 1.54) is 0 Å². The van der Waals surface area contributed by atoms with Gasteiger partial charge in [-0.05, 0) is 49.6 Å². The first kappa shape index (κ1) is 18.6. The fraction of sp³-hybridized carbons (Fsp3) is 0.368. The molecule has 0 aliphatic carbocycles. The van der Waals surface area contributed by atoms with E-state index < -0.39 is 5.41 Å². The van der Waals surface area contributed by atoms with Crippen molar-refractivity contribution >= 4 is 11.8 Å². The lowest BCUT2D eigenvalue weighted by atomic mass is 9.90. The topological polar surface area (TPSA) is 75.2 Å². The molecule has 0 saturated carbocycles. The standard InChI is InChI=1S/C19H24N4O2/c1-19(2,17(24)22-14-16-5-4-9-21-13-16)18(25)23(3)12-8-15-6-10-20-11-7-15/h4-7,9-11,13H,8,12,14H2,1-3H3,(H,22,24). The summed E-state index contributed by atoms with van der Waals surface area (Å²) in [6, 6.07) is 7.53. The zero-order chi connectivity index (χ0) is 18.3. The van der Waals surface area contributed by atoms with Crippen LogP contribution in [-0.2, 0) is 22.6 Å². The Labute approximate surface area is 148 Å². The van der Waals surface area contributed by atoms with Gasteiger partial charge in [0.25, 0.3) is 0 Å². The Hall–Kier alpha value is -2.76. The monoisotopic (exact) mass is 340 g/mol. The molecular formula is C19H24N4O2. The van der Waals surface area contributed by atoms with Crippen molar-refractivity contribution in [3.8, 4) is 0 Å². The van der Waals surface area contributed by atoms with Crippen LogP contribution in [0.1, 0.15) is 25.0 Å². The van der Waals surface area contributed by atoms with Gasteiger partial charge < -0.3 is 10.2 Å². The molecule has 2 aromatic rings. The minimum atomic E-state index is -1.13. The number of hydrogen-bond donors (Lipinski definition) is 1. The van der Waals surface area contributed by atoms with Crippen molar-refractivity contribution in [1.82, 2.24) is 20.2 Å². The average Bonchev–Trinajstić information content (AvgIpc) is 2.65. The van der Waals surface area contributed by atoms with Gasteiger partial charge in [0.05, 0.1) is 0 Å². The van der Waals surface area contributed by atoms with Crippen LogP contribution in [0.25, 0.3) is 0 Å². The summed E-state index contributed by atoms with van der Waals surface area (Å²) >= 11 is 0. The molecule has 2 heterocycles. The molecule has 25 heavy (non-hydrogen) atoms. The van der Waals surface area contributed by atoms with Crippen molar-refractivity contribution in [2.24, 2.45) is 5.41 Å². The molecule has 6 heteroatoms. The minimum Gasteiger partial charge on any atom is -0.351 e. The van der Waals surface area contributed by atoms with Gasteiger partial charge in [0.2, 0.25) is 11.8 Å². The van der Waals surface area contributed by atoms with Crippen LogP contribution in [0, 0.1) is 5.41 Å². The van der Waals surface area contributed by atoms with Gasteiger partial charge in [-0.25, -0.2) is 0 Å². The van der Waals surface area contributed by atoms with E-state index in [0.717, 1.165) is 17.5 Å². The number of hydrogen-bond acceptors (Lipinski definition) is 4. The number of pyridine rings is 2. The van der Waals surface area contributed by atoms with E-state index in [2.05, 4.69) is 15.3 Å². The molecule has 0 unspecified atom stereocenters. The highest BCUT2D eigenvalue weighted by atomic mass is 16.2. The predicted octanol–water partition coefficient (Wildman–Crippen LogP) is 1.82. The predicted molar refractivity (Wildman–Crippen MR) is 95.4 cm³/mol. The fourth-order valence-corrected chi connectivity index (χ4v) is 2.43. The first-order valence-corrected chi connectivity index (χ1v) is 8.23. The second-order valence-corrected chi connectivity index (χ2v) is 6.50. The Morgan fingerprint density at radius 2 is 1.80 bits per heavy atom. The van der Waals surface area contributed by atoms with Crippen LogP contribution in [0.4, 0.5) is 0 Å². The number of rotatable bonds is 7. The molecule has 0 aliphatic heterocycles. The van der Waals surface area contributed by atoms with Crippen LogP contribution >= 0.6 is 0 Å². The molecule has 0 atom stereocenters. The van der Waals surface area contributed by atoms with Crippen LogP contribution in [0.2, 0.25) is 0 Å².